The summed E-state index contributed by atoms with van der Waals surface area (Å²) in [4.78, 5) is 13.1. The van der Waals surface area contributed by atoms with Crippen molar-refractivity contribution in [2.75, 3.05) is 13.1 Å². The average molecular weight is 150 g/mol. The van der Waals surface area contributed by atoms with E-state index in [2.05, 4.69) is 10.7 Å². The van der Waals surface area contributed by atoms with Gasteiger partial charge in [-0.2, -0.15) is 0 Å². The number of hydrogen-bond donors (Lipinski definition) is 0. The molecule has 57 valence electrons. The first-order chi connectivity index (χ1) is 5.38. The Hall–Kier alpha value is -1.25. The van der Waals surface area contributed by atoms with E-state index in [1.807, 2.05) is 0 Å². The third-order valence-corrected chi connectivity index (χ3v) is 1.85. The molecule has 0 aromatic carbocycles. The van der Waals surface area contributed by atoms with Crippen LogP contribution in [0, 0.1) is 6.26 Å². The number of rotatable bonds is 1. The van der Waals surface area contributed by atoms with Gasteiger partial charge in [-0.3, -0.25) is 4.79 Å². The second kappa shape index (κ2) is 2.42. The van der Waals surface area contributed by atoms with Gasteiger partial charge in [0.05, 0.1) is 11.8 Å². The number of amides is 1. The molecule has 2 heterocycles. The molecule has 0 atom stereocenters. The highest BCUT2D eigenvalue weighted by Crippen LogP contribution is 2.11. The largest absolute Gasteiger partial charge is 0.460 e. The lowest BCUT2D eigenvalue weighted by Crippen LogP contribution is -2.41. The molecule has 1 aliphatic heterocycles. The Morgan fingerprint density at radius 2 is 2.45 bits per heavy atom. The molecule has 1 aromatic heterocycles. The van der Waals surface area contributed by atoms with E-state index >= 15 is 0 Å². The molecule has 0 aliphatic carbocycles. The Balaban J connectivity index is 2.10. The Kier molecular flexibility index (Phi) is 1.42. The van der Waals surface area contributed by atoms with Crippen LogP contribution in [0.4, 0.5) is 0 Å². The second-order valence-electron chi connectivity index (χ2n) is 2.58. The molecule has 11 heavy (non-hydrogen) atoms. The maximum Gasteiger partial charge on any atom is 0.257 e. The SMILES string of the molecule is O=C(c1[c]occ1)N1CCC1. The third-order valence-electron chi connectivity index (χ3n) is 1.85. The molecule has 2 rings (SSSR count). The van der Waals surface area contributed by atoms with E-state index in [-0.39, 0.29) is 5.91 Å². The summed E-state index contributed by atoms with van der Waals surface area (Å²) in [7, 11) is 0. The van der Waals surface area contributed by atoms with Crippen molar-refractivity contribution in [2.45, 2.75) is 6.42 Å². The number of carbonyl (C=O) groups excluding carboxylic acids is 1. The smallest absolute Gasteiger partial charge is 0.257 e. The maximum absolute atomic E-state index is 11.3. The van der Waals surface area contributed by atoms with Gasteiger partial charge in [0, 0.05) is 13.1 Å². The molecule has 3 nitrogen and oxygen atoms in total. The van der Waals surface area contributed by atoms with E-state index < -0.39 is 0 Å². The van der Waals surface area contributed by atoms with Gasteiger partial charge in [0.2, 0.25) is 0 Å². The standard InChI is InChI=1S/C8H8NO2/c10-8(9-3-1-4-9)7-2-5-11-6-7/h2,5H,1,3-4H2. The molecule has 1 fully saturated rings. The number of nitrogens with zero attached hydrogens (tertiary/aromatic N) is 1. The zero-order chi connectivity index (χ0) is 7.68. The van der Waals surface area contributed by atoms with Gasteiger partial charge in [-0.25, -0.2) is 0 Å². The van der Waals surface area contributed by atoms with Crippen LogP contribution < -0.4 is 0 Å². The summed E-state index contributed by atoms with van der Waals surface area (Å²) in [5.41, 5.74) is 0.532. The second-order valence-corrected chi connectivity index (χ2v) is 2.58. The summed E-state index contributed by atoms with van der Waals surface area (Å²) in [6.07, 6.45) is 5.10. The Labute approximate surface area is 64.6 Å². The van der Waals surface area contributed by atoms with Crippen LogP contribution in [0.25, 0.3) is 0 Å². The number of hydrogen-bond acceptors (Lipinski definition) is 2. The van der Waals surface area contributed by atoms with Crippen molar-refractivity contribution in [3.63, 3.8) is 0 Å². The Bertz CT molecular complexity index is 249. The molecule has 1 aliphatic rings. The van der Waals surface area contributed by atoms with E-state index in [1.165, 1.54) is 6.26 Å². The van der Waals surface area contributed by atoms with Gasteiger partial charge >= 0.3 is 0 Å². The molecular weight excluding hydrogens is 142 g/mol. The normalized spacial score (nSPS) is 16.2. The predicted octanol–water partition coefficient (Wildman–Crippen LogP) is 0.926. The first kappa shape index (κ1) is 6.46. The first-order valence-corrected chi connectivity index (χ1v) is 3.62. The van der Waals surface area contributed by atoms with Crippen LogP contribution in [0.2, 0.25) is 0 Å². The van der Waals surface area contributed by atoms with Gasteiger partial charge in [0.15, 0.2) is 6.26 Å². The lowest BCUT2D eigenvalue weighted by Gasteiger charge is -2.30. The molecule has 1 radical (unpaired) electrons. The first-order valence-electron chi connectivity index (χ1n) is 3.62. The van der Waals surface area contributed by atoms with Gasteiger partial charge in [-0.05, 0) is 12.5 Å². The highest BCUT2D eigenvalue weighted by Gasteiger charge is 2.22. The highest BCUT2D eigenvalue weighted by molar-refractivity contribution is 5.93. The molecule has 0 bridgehead atoms. The van der Waals surface area contributed by atoms with Crippen molar-refractivity contribution in [3.05, 3.63) is 24.2 Å². The molecule has 0 saturated carbocycles. The molecule has 1 amide bonds. The summed E-state index contributed by atoms with van der Waals surface area (Å²) < 4.78 is 4.68. The maximum atomic E-state index is 11.3. The molecule has 0 spiro atoms. The highest BCUT2D eigenvalue weighted by atomic mass is 16.3. The van der Waals surface area contributed by atoms with Crippen LogP contribution in [0.1, 0.15) is 16.8 Å². The topological polar surface area (TPSA) is 33.5 Å². The fourth-order valence-corrected chi connectivity index (χ4v) is 1.04. The number of carbonyl (C=O) groups is 1. The minimum Gasteiger partial charge on any atom is -0.460 e. The fourth-order valence-electron chi connectivity index (χ4n) is 1.04. The summed E-state index contributed by atoms with van der Waals surface area (Å²) in [6, 6.07) is 1.64. The van der Waals surface area contributed by atoms with Gasteiger partial charge in [-0.1, -0.05) is 0 Å². The zero-order valence-electron chi connectivity index (χ0n) is 6.04. The van der Waals surface area contributed by atoms with Crippen LogP contribution in [-0.2, 0) is 0 Å². The van der Waals surface area contributed by atoms with Gasteiger partial charge in [0.1, 0.15) is 0 Å². The lowest BCUT2D eigenvalue weighted by atomic mass is 10.2. The quantitative estimate of drug-likeness (QED) is 0.596. The third kappa shape index (κ3) is 1.02. The van der Waals surface area contributed by atoms with Crippen LogP contribution in [0.15, 0.2) is 16.7 Å². The monoisotopic (exact) mass is 150 g/mol. The van der Waals surface area contributed by atoms with Gasteiger partial charge < -0.3 is 9.32 Å². The number of likely N-dealkylation sites (tertiary alicyclic amines) is 1. The average Bonchev–Trinajstić information content (AvgIpc) is 2.32. The molecule has 1 aromatic rings. The van der Waals surface area contributed by atoms with Crippen molar-refractivity contribution in [3.8, 4) is 0 Å². The fraction of sp³-hybridized carbons (Fsp3) is 0.375. The van der Waals surface area contributed by atoms with Crippen LogP contribution in [0.3, 0.4) is 0 Å². The van der Waals surface area contributed by atoms with E-state index in [4.69, 9.17) is 0 Å². The van der Waals surface area contributed by atoms with Crippen molar-refractivity contribution in [1.82, 2.24) is 4.90 Å². The minimum absolute atomic E-state index is 0.0324. The minimum atomic E-state index is 0.0324. The Morgan fingerprint density at radius 3 is 2.91 bits per heavy atom. The van der Waals surface area contributed by atoms with Crippen LogP contribution in [-0.4, -0.2) is 23.9 Å². The number of furan rings is 1. The van der Waals surface area contributed by atoms with Gasteiger partial charge in [0.25, 0.3) is 5.91 Å². The van der Waals surface area contributed by atoms with Crippen molar-refractivity contribution in [1.29, 1.82) is 0 Å². The van der Waals surface area contributed by atoms with Crippen molar-refractivity contribution in [2.24, 2.45) is 0 Å². The lowest BCUT2D eigenvalue weighted by molar-refractivity contribution is 0.0650. The van der Waals surface area contributed by atoms with E-state index in [0.29, 0.717) is 5.56 Å². The van der Waals surface area contributed by atoms with Crippen LogP contribution in [0.5, 0.6) is 0 Å². The molecule has 3 heteroatoms. The van der Waals surface area contributed by atoms with Crippen molar-refractivity contribution >= 4 is 5.91 Å². The van der Waals surface area contributed by atoms with E-state index in [9.17, 15) is 4.79 Å². The van der Waals surface area contributed by atoms with E-state index in [1.54, 1.807) is 11.0 Å². The zero-order valence-corrected chi connectivity index (χ0v) is 6.04. The van der Waals surface area contributed by atoms with Crippen LogP contribution >= 0.6 is 0 Å². The van der Waals surface area contributed by atoms with Gasteiger partial charge in [-0.15, -0.1) is 0 Å². The molecule has 1 saturated heterocycles. The van der Waals surface area contributed by atoms with Crippen molar-refractivity contribution < 1.29 is 9.21 Å². The Morgan fingerprint density at radius 1 is 1.64 bits per heavy atom. The predicted molar refractivity (Wildman–Crippen MR) is 38.1 cm³/mol. The summed E-state index contributed by atoms with van der Waals surface area (Å²) in [5, 5.41) is 0. The molecule has 0 N–H and O–H groups in total. The summed E-state index contributed by atoms with van der Waals surface area (Å²) in [5.74, 6) is 0.0324. The summed E-state index contributed by atoms with van der Waals surface area (Å²) in [6.45, 7) is 1.75. The summed E-state index contributed by atoms with van der Waals surface area (Å²) >= 11 is 0. The molecule has 0 unspecified atom stereocenters. The van der Waals surface area contributed by atoms with E-state index in [0.717, 1.165) is 19.5 Å². The molecular formula is C8H8NO2.